The van der Waals surface area contributed by atoms with E-state index in [0.717, 1.165) is 168 Å². The molecule has 0 saturated carbocycles. The normalized spacial score (nSPS) is 12.2. The second-order valence-electron chi connectivity index (χ2n) is 23.4. The molecule has 21 heteroatoms. The number of benzene rings is 6. The maximum atomic E-state index is 12.8. The molecule has 497 valence electrons. The molecular formula is C76H88BN13NaO6. The van der Waals surface area contributed by atoms with Gasteiger partial charge in [-0.25, -0.2) is 0 Å². The molecule has 0 unspecified atom stereocenters. The number of aliphatic hydroxyl groups excluding tert-OH is 1. The average molecular weight is 1310 g/mol. The van der Waals surface area contributed by atoms with Crippen LogP contribution in [0.1, 0.15) is 124 Å². The van der Waals surface area contributed by atoms with E-state index in [-0.39, 0.29) is 61.6 Å². The van der Waals surface area contributed by atoms with E-state index in [1.54, 1.807) is 0 Å². The molecule has 4 amide bonds. The number of fused-ring (bicyclic) bond motifs is 4. The van der Waals surface area contributed by atoms with Crippen LogP contribution in [0.25, 0.3) is 0 Å². The predicted octanol–water partition coefficient (Wildman–Crippen LogP) is 5.39. The van der Waals surface area contributed by atoms with Crippen LogP contribution in [0.4, 0.5) is 22.7 Å². The second-order valence-corrected chi connectivity index (χ2v) is 23.4. The number of terminal acetylenes is 2. The van der Waals surface area contributed by atoms with Gasteiger partial charge in [-0.15, -0.1) is 24.7 Å². The molecule has 97 heavy (non-hydrogen) atoms. The van der Waals surface area contributed by atoms with E-state index >= 15 is 0 Å². The Hall–Kier alpha value is -8.98. The number of carbonyl (C=O) groups is 5. The standard InChI is InChI=1S/C37H42N6O2.C31H34N6O2.C6H8O.CN.CH4O.B.Na/c1-5-6-7-8-19-43(4)21-18-39-37(45)29-14-16-33-31(23-29)25-35(41-33)27-11-9-26(10-12-27)34-24-30-22-28(13-15-32(30)40-34)36(44)38-17-20-42(2)3;1-32-12-13-33-30(38)22-8-10-26-24(16-22)18-28(35-26)20-4-6-21(7-5-20)29-19-25-17-23(9-11-27(25)36-29)31(39)34-14-15-37(2)3;1-2-3-4-5-6-7;2*1-2;;/h1,9-16,22-23H,6-8,17-21,24-25H2,2-4H3,(H,38,44)(H,39,45);4-11,16-17,32H,12-15,18-19H2,1-3H3,(H,33,38)(H,34,39);1,6H,3-5H2;;2H,1H3;;/q;;;-1;;;+1. The molecule has 10 rings (SSSR count). The molecule has 0 bridgehead atoms. The number of nitrogens with zero attached hydrogens (tertiary/aromatic N) is 8. The number of amides is 4. The third-order valence-electron chi connectivity index (χ3n) is 15.8. The number of likely N-dealkylation sites (N-methyl/N-ethyl adjacent to an activating group) is 4. The van der Waals surface area contributed by atoms with E-state index < -0.39 is 0 Å². The van der Waals surface area contributed by atoms with Gasteiger partial charge in [-0.1, -0.05) is 48.5 Å². The Morgan fingerprint density at radius 1 is 0.474 bits per heavy atom. The minimum absolute atomic E-state index is 0. The summed E-state index contributed by atoms with van der Waals surface area (Å²) >= 11 is 0. The molecule has 0 fully saturated rings. The van der Waals surface area contributed by atoms with Crippen molar-refractivity contribution in [2.45, 2.75) is 64.2 Å². The number of aldehydes is 1. The minimum Gasteiger partial charge on any atom is -0.512 e. The number of aliphatic hydroxyl groups is 1. The Bertz CT molecular complexity index is 3870. The summed E-state index contributed by atoms with van der Waals surface area (Å²) < 4.78 is 0. The number of carbonyl (C=O) groups excluding carboxylic acids is 5. The minimum atomic E-state index is -0.0683. The van der Waals surface area contributed by atoms with E-state index in [2.05, 4.69) is 98.9 Å². The quantitative estimate of drug-likeness (QED) is 0.0125. The van der Waals surface area contributed by atoms with E-state index in [4.69, 9.17) is 49.8 Å². The number of hydrogen-bond donors (Lipinski definition) is 6. The summed E-state index contributed by atoms with van der Waals surface area (Å²) in [5, 5.41) is 28.2. The smallest absolute Gasteiger partial charge is 0.512 e. The molecule has 0 aliphatic carbocycles. The summed E-state index contributed by atoms with van der Waals surface area (Å²) in [5.41, 5.74) is 18.7. The van der Waals surface area contributed by atoms with E-state index in [0.29, 0.717) is 80.5 Å². The van der Waals surface area contributed by atoms with Crippen LogP contribution >= 0.6 is 0 Å². The van der Waals surface area contributed by atoms with Crippen molar-refractivity contribution in [3.8, 4) is 24.7 Å². The Labute approximate surface area is 597 Å². The monoisotopic (exact) mass is 1310 g/mol. The van der Waals surface area contributed by atoms with Gasteiger partial charge in [0.2, 0.25) is 0 Å². The zero-order valence-corrected chi connectivity index (χ0v) is 59.4. The van der Waals surface area contributed by atoms with E-state index in [1.807, 2.05) is 118 Å². The van der Waals surface area contributed by atoms with Gasteiger partial charge in [0.15, 0.2) is 0 Å². The molecule has 6 aromatic rings. The van der Waals surface area contributed by atoms with Crippen LogP contribution in [0.2, 0.25) is 0 Å². The molecule has 0 saturated heterocycles. The molecule has 4 aliphatic heterocycles. The van der Waals surface area contributed by atoms with Crippen molar-refractivity contribution in [3.05, 3.63) is 195 Å². The van der Waals surface area contributed by atoms with Gasteiger partial charge in [0, 0.05) is 135 Å². The molecule has 0 spiro atoms. The van der Waals surface area contributed by atoms with Crippen molar-refractivity contribution in [3.63, 3.8) is 0 Å². The number of unbranched alkanes of at least 4 members (excludes halogenated alkanes) is 4. The maximum Gasteiger partial charge on any atom is 1.00 e. The van der Waals surface area contributed by atoms with Crippen LogP contribution in [0.5, 0.6) is 0 Å². The van der Waals surface area contributed by atoms with E-state index in [1.165, 1.54) is 0 Å². The summed E-state index contributed by atoms with van der Waals surface area (Å²) in [6.45, 7) is 11.2. The molecule has 4 heterocycles. The zero-order valence-electron chi connectivity index (χ0n) is 57.4. The first-order valence-corrected chi connectivity index (χ1v) is 31.9. The Kier molecular flexibility index (Phi) is 35.3. The second kappa shape index (κ2) is 42.6. The molecular weight excluding hydrogens is 1220 g/mol. The van der Waals surface area contributed by atoms with Crippen LogP contribution in [0.3, 0.4) is 0 Å². The first-order valence-electron chi connectivity index (χ1n) is 31.9. The van der Waals surface area contributed by atoms with Crippen molar-refractivity contribution < 1.29 is 58.6 Å². The van der Waals surface area contributed by atoms with Gasteiger partial charge < -0.3 is 63.0 Å². The number of hydrogen-bond acceptors (Lipinski definition) is 15. The fourth-order valence-corrected chi connectivity index (χ4v) is 10.6. The SMILES string of the molecule is C#CCCCC=O.C#CCCCCN(C)CCNC(=O)c1ccc2c(c1)CC(c1ccc(C3=Nc4ccc(C(=O)NCCN(C)C)cc4C3)cc1)=N2.CNCCNC(=O)c1ccc2c(c1)CC(c1ccc(C3=Nc4ccc(C(=O)NCCN(C)C)cc4C3)cc1)=N2.CO.[B].[C-]#N.[Na+]. The summed E-state index contributed by atoms with van der Waals surface area (Å²) in [4.78, 5) is 85.6. The van der Waals surface area contributed by atoms with Gasteiger partial charge >= 0.3 is 29.6 Å². The number of rotatable bonds is 27. The van der Waals surface area contributed by atoms with Crippen molar-refractivity contribution in [2.24, 2.45) is 20.0 Å². The molecule has 6 N–H and O–H groups in total. The molecule has 4 aliphatic rings. The van der Waals surface area contributed by atoms with Crippen LogP contribution in [-0.4, -0.2) is 189 Å². The maximum absolute atomic E-state index is 12.8. The van der Waals surface area contributed by atoms with Gasteiger partial charge in [-0.05, 0) is 185 Å². The van der Waals surface area contributed by atoms with E-state index in [9.17, 15) is 24.0 Å². The van der Waals surface area contributed by atoms with Crippen LogP contribution in [-0.2, 0) is 30.5 Å². The van der Waals surface area contributed by atoms with Gasteiger partial charge in [-0.2, -0.15) is 0 Å². The summed E-state index contributed by atoms with van der Waals surface area (Å²) in [5.74, 6) is 4.87. The van der Waals surface area contributed by atoms with Crippen molar-refractivity contribution in [1.82, 2.24) is 41.3 Å². The van der Waals surface area contributed by atoms with Crippen molar-refractivity contribution in [1.29, 1.82) is 5.26 Å². The topological polar surface area (TPSA) is 249 Å². The Morgan fingerprint density at radius 3 is 1.06 bits per heavy atom. The molecule has 19 nitrogen and oxygen atoms in total. The number of nitrogens with one attached hydrogen (secondary N) is 5. The third kappa shape index (κ3) is 24.6. The van der Waals surface area contributed by atoms with Crippen molar-refractivity contribution in [2.75, 3.05) is 108 Å². The average Bonchev–Trinajstić information content (AvgIpc) is 1.68. The molecule has 3 radical (unpaired) electrons. The summed E-state index contributed by atoms with van der Waals surface area (Å²) in [6, 6.07) is 39.6. The van der Waals surface area contributed by atoms with Crippen LogP contribution in [0.15, 0.2) is 141 Å². The third-order valence-corrected chi connectivity index (χ3v) is 15.8. The molecule has 0 aromatic heterocycles. The van der Waals surface area contributed by atoms with Gasteiger partial charge in [-0.3, -0.25) is 39.1 Å². The first kappa shape index (κ1) is 80.5. The molecule has 0 atom stereocenters. The molecule has 6 aromatic carbocycles. The largest absolute Gasteiger partial charge is 1.00 e. The Balaban J connectivity index is 0.000000354. The zero-order chi connectivity index (χ0) is 68.7. The van der Waals surface area contributed by atoms with Gasteiger partial charge in [0.25, 0.3) is 23.6 Å². The predicted molar refractivity (Wildman–Crippen MR) is 386 cm³/mol. The fourth-order valence-electron chi connectivity index (χ4n) is 10.6. The van der Waals surface area contributed by atoms with Gasteiger partial charge in [0.1, 0.15) is 6.29 Å². The number of aliphatic imine (C=N–C) groups is 4. The Morgan fingerprint density at radius 2 is 0.773 bits per heavy atom. The summed E-state index contributed by atoms with van der Waals surface area (Å²) in [7, 11) is 12.9. The van der Waals surface area contributed by atoms with Crippen LogP contribution < -0.4 is 56.1 Å². The van der Waals surface area contributed by atoms with Gasteiger partial charge in [0.05, 0.1) is 45.6 Å². The summed E-state index contributed by atoms with van der Waals surface area (Å²) in [6.07, 6.45) is 18.9. The van der Waals surface area contributed by atoms with Crippen molar-refractivity contribution >= 4 is 83.9 Å². The first-order chi connectivity index (χ1) is 46.1. The fraction of sp³-hybridized carbons (Fsp3) is 0.342. The van der Waals surface area contributed by atoms with Crippen LogP contribution in [0, 0.1) is 36.5 Å².